The van der Waals surface area contributed by atoms with E-state index in [9.17, 15) is 4.79 Å². The highest BCUT2D eigenvalue weighted by Gasteiger charge is 2.13. The molecule has 1 N–H and O–H groups in total. The van der Waals surface area contributed by atoms with E-state index in [2.05, 4.69) is 17.4 Å². The Hall–Kier alpha value is -2.14. The molecule has 0 saturated carbocycles. The summed E-state index contributed by atoms with van der Waals surface area (Å²) in [6.45, 7) is 2.79. The van der Waals surface area contributed by atoms with Crippen molar-refractivity contribution in [2.24, 2.45) is 0 Å². The van der Waals surface area contributed by atoms with E-state index < -0.39 is 0 Å². The molecule has 0 aliphatic rings. The van der Waals surface area contributed by atoms with Crippen molar-refractivity contribution in [3.63, 3.8) is 0 Å². The largest absolute Gasteiger partial charge is 0.493 e. The van der Waals surface area contributed by atoms with Crippen LogP contribution in [0.3, 0.4) is 0 Å². The number of rotatable bonds is 9. The van der Waals surface area contributed by atoms with Gasteiger partial charge in [-0.2, -0.15) is 0 Å². The van der Waals surface area contributed by atoms with E-state index in [4.69, 9.17) is 9.47 Å². The van der Waals surface area contributed by atoms with Crippen LogP contribution in [0.2, 0.25) is 0 Å². The van der Waals surface area contributed by atoms with E-state index in [-0.39, 0.29) is 11.2 Å². The van der Waals surface area contributed by atoms with Crippen LogP contribution in [0.4, 0.5) is 0 Å². The van der Waals surface area contributed by atoms with Crippen molar-refractivity contribution in [1.29, 1.82) is 0 Å². The van der Waals surface area contributed by atoms with Gasteiger partial charge in [-0.1, -0.05) is 42.5 Å². The first kappa shape index (κ1) is 18.2. The molecule has 0 unspecified atom stereocenters. The molecule has 2 aromatic rings. The zero-order valence-electron chi connectivity index (χ0n) is 14.0. The molecule has 128 valence electrons. The second-order valence-electron chi connectivity index (χ2n) is 5.23. The predicted octanol–water partition coefficient (Wildman–Crippen LogP) is 3.51. The van der Waals surface area contributed by atoms with E-state index >= 15 is 0 Å². The van der Waals surface area contributed by atoms with Gasteiger partial charge < -0.3 is 14.8 Å². The number of amides is 1. The Morgan fingerprint density at radius 1 is 1.08 bits per heavy atom. The number of carbonyl (C=O) groups excluding carboxylic acids is 1. The number of hydrogen-bond donors (Lipinski definition) is 1. The second-order valence-corrected chi connectivity index (χ2v) is 6.56. The van der Waals surface area contributed by atoms with Gasteiger partial charge in [0.15, 0.2) is 11.5 Å². The molecule has 4 nitrogen and oxygen atoms in total. The minimum atomic E-state index is -0.100. The maximum absolute atomic E-state index is 12.1. The van der Waals surface area contributed by atoms with E-state index in [1.54, 1.807) is 18.9 Å². The zero-order chi connectivity index (χ0) is 17.2. The topological polar surface area (TPSA) is 47.6 Å². The van der Waals surface area contributed by atoms with Crippen molar-refractivity contribution < 1.29 is 14.3 Å². The van der Waals surface area contributed by atoms with Gasteiger partial charge in [-0.05, 0) is 24.6 Å². The van der Waals surface area contributed by atoms with Gasteiger partial charge >= 0.3 is 0 Å². The van der Waals surface area contributed by atoms with Gasteiger partial charge in [0.2, 0.25) is 5.91 Å². The summed E-state index contributed by atoms with van der Waals surface area (Å²) in [5.74, 6) is 2.23. The number of benzene rings is 2. The van der Waals surface area contributed by atoms with Crippen LogP contribution < -0.4 is 14.8 Å². The van der Waals surface area contributed by atoms with Crippen molar-refractivity contribution in [2.45, 2.75) is 17.9 Å². The molecule has 1 atom stereocenters. The lowest BCUT2D eigenvalue weighted by Gasteiger charge is -2.13. The fourth-order valence-electron chi connectivity index (χ4n) is 2.09. The molecule has 0 aliphatic carbocycles. The Labute approximate surface area is 147 Å². The van der Waals surface area contributed by atoms with Gasteiger partial charge in [0.1, 0.15) is 6.61 Å². The fourth-order valence-corrected chi connectivity index (χ4v) is 2.96. The van der Waals surface area contributed by atoms with Gasteiger partial charge in [0, 0.05) is 5.75 Å². The van der Waals surface area contributed by atoms with E-state index in [1.807, 2.05) is 49.4 Å². The normalized spacial score (nSPS) is 11.6. The summed E-state index contributed by atoms with van der Waals surface area (Å²) in [4.78, 5) is 12.1. The lowest BCUT2D eigenvalue weighted by Crippen LogP contribution is -2.34. The van der Waals surface area contributed by atoms with Crippen LogP contribution in [0.1, 0.15) is 12.5 Å². The Morgan fingerprint density at radius 2 is 1.75 bits per heavy atom. The third-order valence-electron chi connectivity index (χ3n) is 3.44. The molecule has 0 bridgehead atoms. The maximum atomic E-state index is 12.1. The average Bonchev–Trinajstić information content (AvgIpc) is 2.64. The van der Waals surface area contributed by atoms with Crippen molar-refractivity contribution in [2.75, 3.05) is 20.3 Å². The van der Waals surface area contributed by atoms with Crippen LogP contribution in [-0.4, -0.2) is 31.4 Å². The third kappa shape index (κ3) is 5.81. The summed E-state index contributed by atoms with van der Waals surface area (Å²) in [5.41, 5.74) is 1.22. The van der Waals surface area contributed by atoms with E-state index in [0.717, 1.165) is 5.75 Å². The highest BCUT2D eigenvalue weighted by molar-refractivity contribution is 7.99. The van der Waals surface area contributed by atoms with Gasteiger partial charge in [-0.3, -0.25) is 4.79 Å². The second kappa shape index (κ2) is 9.88. The SMILES string of the molecule is COc1ccccc1OCCNC(=O)[C@H](C)SCc1ccccc1. The smallest absolute Gasteiger partial charge is 0.232 e. The van der Waals surface area contributed by atoms with Crippen molar-refractivity contribution in [1.82, 2.24) is 5.32 Å². The Morgan fingerprint density at radius 3 is 2.46 bits per heavy atom. The minimum absolute atomic E-state index is 0.0274. The molecule has 0 spiro atoms. The summed E-state index contributed by atoms with van der Waals surface area (Å²) in [7, 11) is 1.61. The predicted molar refractivity (Wildman–Crippen MR) is 98.7 cm³/mol. The number of para-hydroxylation sites is 2. The molecule has 24 heavy (non-hydrogen) atoms. The molecule has 0 heterocycles. The zero-order valence-corrected chi connectivity index (χ0v) is 14.8. The monoisotopic (exact) mass is 345 g/mol. The molecule has 0 aromatic heterocycles. The van der Waals surface area contributed by atoms with Crippen molar-refractivity contribution in [3.8, 4) is 11.5 Å². The number of thioether (sulfide) groups is 1. The highest BCUT2D eigenvalue weighted by atomic mass is 32.2. The van der Waals surface area contributed by atoms with Crippen molar-refractivity contribution >= 4 is 17.7 Å². The van der Waals surface area contributed by atoms with Crippen LogP contribution in [0.25, 0.3) is 0 Å². The maximum Gasteiger partial charge on any atom is 0.232 e. The summed E-state index contributed by atoms with van der Waals surface area (Å²) in [6.07, 6.45) is 0. The first-order valence-corrected chi connectivity index (χ1v) is 8.94. The number of hydrogen-bond acceptors (Lipinski definition) is 4. The molecular formula is C19H23NO3S. The molecule has 1 amide bonds. The van der Waals surface area contributed by atoms with E-state index in [0.29, 0.717) is 24.7 Å². The molecule has 2 aromatic carbocycles. The highest BCUT2D eigenvalue weighted by Crippen LogP contribution is 2.25. The molecule has 2 rings (SSSR count). The summed E-state index contributed by atoms with van der Waals surface area (Å²) < 4.78 is 10.9. The van der Waals surface area contributed by atoms with E-state index in [1.165, 1.54) is 5.56 Å². The molecule has 0 saturated heterocycles. The molecule has 0 aliphatic heterocycles. The number of carbonyl (C=O) groups is 1. The Kier molecular flexibility index (Phi) is 7.49. The standard InChI is InChI=1S/C19H23NO3S/c1-15(24-14-16-8-4-3-5-9-16)19(21)20-12-13-23-18-11-7-6-10-17(18)22-2/h3-11,15H,12-14H2,1-2H3,(H,20,21)/t15-/m0/s1. The number of methoxy groups -OCH3 is 1. The van der Waals surface area contributed by atoms with Crippen LogP contribution in [-0.2, 0) is 10.5 Å². The fraction of sp³-hybridized carbons (Fsp3) is 0.316. The lowest BCUT2D eigenvalue weighted by molar-refractivity contribution is -0.120. The van der Waals surface area contributed by atoms with Gasteiger partial charge in [0.05, 0.1) is 18.9 Å². The Balaban J connectivity index is 1.67. The first-order chi connectivity index (χ1) is 11.7. The van der Waals surface area contributed by atoms with Crippen LogP contribution in [0.5, 0.6) is 11.5 Å². The van der Waals surface area contributed by atoms with Crippen LogP contribution in [0, 0.1) is 0 Å². The minimum Gasteiger partial charge on any atom is -0.493 e. The summed E-state index contributed by atoms with van der Waals surface area (Å²) in [6, 6.07) is 17.6. The molecule has 5 heteroatoms. The summed E-state index contributed by atoms with van der Waals surface area (Å²) in [5, 5.41) is 2.80. The van der Waals surface area contributed by atoms with Crippen LogP contribution in [0.15, 0.2) is 54.6 Å². The average molecular weight is 345 g/mol. The number of ether oxygens (including phenoxy) is 2. The lowest BCUT2D eigenvalue weighted by atomic mass is 10.2. The van der Waals surface area contributed by atoms with Gasteiger partial charge in [-0.15, -0.1) is 11.8 Å². The van der Waals surface area contributed by atoms with Gasteiger partial charge in [0.25, 0.3) is 0 Å². The Bertz CT molecular complexity index is 634. The van der Waals surface area contributed by atoms with Gasteiger partial charge in [-0.25, -0.2) is 0 Å². The quantitative estimate of drug-likeness (QED) is 0.707. The number of nitrogens with one attached hydrogen (secondary N) is 1. The molecular weight excluding hydrogens is 322 g/mol. The van der Waals surface area contributed by atoms with Crippen molar-refractivity contribution in [3.05, 3.63) is 60.2 Å². The third-order valence-corrected chi connectivity index (χ3v) is 4.65. The molecule has 0 fully saturated rings. The summed E-state index contributed by atoms with van der Waals surface area (Å²) >= 11 is 1.63. The first-order valence-electron chi connectivity index (χ1n) is 7.89. The van der Waals surface area contributed by atoms with Crippen LogP contribution >= 0.6 is 11.8 Å². The molecule has 0 radical (unpaired) electrons.